The van der Waals surface area contributed by atoms with Crippen LogP contribution in [0.5, 0.6) is 0 Å². The first kappa shape index (κ1) is 9.75. The molecule has 1 aliphatic carbocycles. The van der Waals surface area contributed by atoms with Crippen molar-refractivity contribution in [3.8, 4) is 0 Å². The lowest BCUT2D eigenvalue weighted by Gasteiger charge is -2.09. The highest BCUT2D eigenvalue weighted by Crippen LogP contribution is 2.44. The Bertz CT molecular complexity index is 312. The van der Waals surface area contributed by atoms with Gasteiger partial charge in [-0.2, -0.15) is 0 Å². The molecule has 0 bridgehead atoms. The van der Waals surface area contributed by atoms with Crippen molar-refractivity contribution in [1.82, 2.24) is 5.16 Å². The predicted octanol–water partition coefficient (Wildman–Crippen LogP) is 3.76. The molecule has 2 nitrogen and oxygen atoms in total. The maximum absolute atomic E-state index is 5.31. The van der Waals surface area contributed by atoms with Crippen LogP contribution in [-0.4, -0.2) is 5.16 Å². The van der Waals surface area contributed by atoms with Crippen LogP contribution in [0.3, 0.4) is 0 Å². The summed E-state index contributed by atoms with van der Waals surface area (Å²) in [7, 11) is 0. The van der Waals surface area contributed by atoms with E-state index >= 15 is 0 Å². The topological polar surface area (TPSA) is 26.0 Å². The van der Waals surface area contributed by atoms with E-state index in [4.69, 9.17) is 4.52 Å². The Morgan fingerprint density at radius 2 is 2.21 bits per heavy atom. The van der Waals surface area contributed by atoms with Gasteiger partial charge >= 0.3 is 0 Å². The van der Waals surface area contributed by atoms with E-state index < -0.39 is 0 Å². The molecular weight excluding hydrogens is 174 g/mol. The van der Waals surface area contributed by atoms with Gasteiger partial charge in [0, 0.05) is 11.5 Å². The van der Waals surface area contributed by atoms with E-state index in [1.807, 2.05) is 6.92 Å². The fraction of sp³-hybridized carbons (Fsp3) is 0.750. The predicted molar refractivity (Wildman–Crippen MR) is 56.5 cm³/mol. The Kier molecular flexibility index (Phi) is 2.62. The number of aromatic nitrogens is 1. The van der Waals surface area contributed by atoms with Crippen LogP contribution in [0.1, 0.15) is 68.4 Å². The quantitative estimate of drug-likeness (QED) is 0.727. The zero-order valence-corrected chi connectivity index (χ0v) is 9.34. The molecule has 1 fully saturated rings. The second-order valence-corrected chi connectivity index (χ2v) is 4.50. The summed E-state index contributed by atoms with van der Waals surface area (Å²) in [5.41, 5.74) is 2.65. The summed E-state index contributed by atoms with van der Waals surface area (Å²) >= 11 is 0. The molecule has 2 rings (SSSR count). The second kappa shape index (κ2) is 3.76. The molecule has 0 aliphatic heterocycles. The smallest absolute Gasteiger partial charge is 0.137 e. The normalized spacial score (nSPS) is 18.5. The first-order chi connectivity index (χ1) is 6.74. The molecule has 1 heterocycles. The summed E-state index contributed by atoms with van der Waals surface area (Å²) < 4.78 is 5.31. The van der Waals surface area contributed by atoms with Crippen molar-refractivity contribution in [3.05, 3.63) is 17.0 Å². The molecule has 1 atom stereocenters. The minimum Gasteiger partial charge on any atom is -0.361 e. The Hall–Kier alpha value is -0.790. The zero-order valence-electron chi connectivity index (χ0n) is 9.34. The summed E-state index contributed by atoms with van der Waals surface area (Å²) in [5, 5.41) is 4.21. The van der Waals surface area contributed by atoms with Crippen molar-refractivity contribution in [1.29, 1.82) is 0 Å². The Morgan fingerprint density at radius 3 is 2.79 bits per heavy atom. The summed E-state index contributed by atoms with van der Waals surface area (Å²) in [5.74, 6) is 2.36. The zero-order chi connectivity index (χ0) is 10.1. The van der Waals surface area contributed by atoms with Gasteiger partial charge in [0.25, 0.3) is 0 Å². The average Bonchev–Trinajstić information content (AvgIpc) is 2.90. The van der Waals surface area contributed by atoms with Crippen LogP contribution in [0.4, 0.5) is 0 Å². The van der Waals surface area contributed by atoms with Gasteiger partial charge < -0.3 is 4.52 Å². The van der Waals surface area contributed by atoms with E-state index in [9.17, 15) is 0 Å². The van der Waals surface area contributed by atoms with E-state index in [1.165, 1.54) is 36.9 Å². The van der Waals surface area contributed by atoms with Crippen LogP contribution >= 0.6 is 0 Å². The van der Waals surface area contributed by atoms with E-state index in [-0.39, 0.29) is 0 Å². The molecule has 0 amide bonds. The number of nitrogens with zero attached hydrogens (tertiary/aromatic N) is 1. The van der Waals surface area contributed by atoms with E-state index in [1.54, 1.807) is 0 Å². The molecule has 1 unspecified atom stereocenters. The van der Waals surface area contributed by atoms with Gasteiger partial charge in [0.2, 0.25) is 0 Å². The van der Waals surface area contributed by atoms with Crippen molar-refractivity contribution in [3.63, 3.8) is 0 Å². The average molecular weight is 193 g/mol. The third-order valence-electron chi connectivity index (χ3n) is 3.11. The van der Waals surface area contributed by atoms with Crippen molar-refractivity contribution < 1.29 is 4.52 Å². The third kappa shape index (κ3) is 1.70. The molecule has 0 radical (unpaired) electrons. The summed E-state index contributed by atoms with van der Waals surface area (Å²) in [6.45, 7) is 6.56. The second-order valence-electron chi connectivity index (χ2n) is 4.50. The number of hydrogen-bond donors (Lipinski definition) is 0. The van der Waals surface area contributed by atoms with Gasteiger partial charge in [-0.05, 0) is 32.1 Å². The lowest BCUT2D eigenvalue weighted by molar-refractivity contribution is 0.389. The summed E-state index contributed by atoms with van der Waals surface area (Å²) in [4.78, 5) is 0. The minimum atomic E-state index is 0.613. The monoisotopic (exact) mass is 193 g/mol. The Morgan fingerprint density at radius 1 is 1.50 bits per heavy atom. The number of rotatable bonds is 4. The van der Waals surface area contributed by atoms with Crippen LogP contribution in [0, 0.1) is 6.92 Å². The fourth-order valence-electron chi connectivity index (χ4n) is 2.22. The first-order valence-corrected chi connectivity index (χ1v) is 5.70. The largest absolute Gasteiger partial charge is 0.361 e. The van der Waals surface area contributed by atoms with Crippen LogP contribution in [0.15, 0.2) is 4.52 Å². The Labute approximate surface area is 85.7 Å². The van der Waals surface area contributed by atoms with E-state index in [0.29, 0.717) is 11.8 Å². The van der Waals surface area contributed by atoms with Crippen LogP contribution in [0.2, 0.25) is 0 Å². The molecule has 14 heavy (non-hydrogen) atoms. The van der Waals surface area contributed by atoms with Gasteiger partial charge in [0.05, 0.1) is 5.69 Å². The lowest BCUT2D eigenvalue weighted by atomic mass is 9.93. The minimum absolute atomic E-state index is 0.613. The molecule has 0 spiro atoms. The number of aryl methyl sites for hydroxylation is 1. The molecule has 1 aromatic rings. The standard InChI is InChI=1S/C12H19NO/c1-4-5-8(2)11-9(3)14-13-12(11)10-6-7-10/h8,10H,4-7H2,1-3H3. The van der Waals surface area contributed by atoms with Crippen molar-refractivity contribution in [2.75, 3.05) is 0 Å². The molecule has 0 saturated heterocycles. The molecule has 1 saturated carbocycles. The van der Waals surface area contributed by atoms with Crippen molar-refractivity contribution in [2.45, 2.75) is 58.3 Å². The maximum atomic E-state index is 5.31. The molecule has 0 aromatic carbocycles. The van der Waals surface area contributed by atoms with Gasteiger partial charge in [0.15, 0.2) is 0 Å². The highest BCUT2D eigenvalue weighted by Gasteiger charge is 2.32. The summed E-state index contributed by atoms with van der Waals surface area (Å²) in [6, 6.07) is 0. The van der Waals surface area contributed by atoms with Gasteiger partial charge in [-0.15, -0.1) is 0 Å². The molecule has 78 valence electrons. The van der Waals surface area contributed by atoms with E-state index in [2.05, 4.69) is 19.0 Å². The summed E-state index contributed by atoms with van der Waals surface area (Å²) in [6.07, 6.45) is 5.08. The highest BCUT2D eigenvalue weighted by atomic mass is 16.5. The first-order valence-electron chi connectivity index (χ1n) is 5.70. The van der Waals surface area contributed by atoms with Crippen molar-refractivity contribution >= 4 is 0 Å². The Balaban J connectivity index is 2.24. The molecular formula is C12H19NO. The fourth-order valence-corrected chi connectivity index (χ4v) is 2.22. The number of hydrogen-bond acceptors (Lipinski definition) is 2. The van der Waals surface area contributed by atoms with Crippen LogP contribution in [-0.2, 0) is 0 Å². The van der Waals surface area contributed by atoms with Gasteiger partial charge in [-0.3, -0.25) is 0 Å². The molecule has 1 aromatic heterocycles. The van der Waals surface area contributed by atoms with E-state index in [0.717, 1.165) is 5.76 Å². The SMILES string of the molecule is CCCC(C)c1c(C2CC2)noc1C. The van der Waals surface area contributed by atoms with Crippen LogP contribution < -0.4 is 0 Å². The molecule has 1 aliphatic rings. The van der Waals surface area contributed by atoms with Crippen LogP contribution in [0.25, 0.3) is 0 Å². The highest BCUT2D eigenvalue weighted by molar-refractivity contribution is 5.31. The van der Waals surface area contributed by atoms with Gasteiger partial charge in [-0.25, -0.2) is 0 Å². The maximum Gasteiger partial charge on any atom is 0.137 e. The van der Waals surface area contributed by atoms with Gasteiger partial charge in [-0.1, -0.05) is 25.4 Å². The lowest BCUT2D eigenvalue weighted by Crippen LogP contribution is -1.97. The molecule has 2 heteroatoms. The molecule has 0 N–H and O–H groups in total. The van der Waals surface area contributed by atoms with Crippen molar-refractivity contribution in [2.24, 2.45) is 0 Å². The van der Waals surface area contributed by atoms with Gasteiger partial charge in [0.1, 0.15) is 5.76 Å². The third-order valence-corrected chi connectivity index (χ3v) is 3.11.